The van der Waals surface area contributed by atoms with E-state index in [4.69, 9.17) is 9.47 Å². The van der Waals surface area contributed by atoms with Crippen LogP contribution in [-0.4, -0.2) is 43.3 Å². The summed E-state index contributed by atoms with van der Waals surface area (Å²) in [6, 6.07) is 18.4. The number of rotatable bonds is 18. The Balaban J connectivity index is 1.71. The number of ether oxygens (including phenoxy) is 2. The molecule has 2 aromatic rings. The molecule has 0 saturated heterocycles. The Hall–Kier alpha value is -2.33. The van der Waals surface area contributed by atoms with Gasteiger partial charge in [-0.2, -0.15) is 0 Å². The van der Waals surface area contributed by atoms with Gasteiger partial charge in [-0.05, 0) is 38.3 Å². The third kappa shape index (κ3) is 11.2. The van der Waals surface area contributed by atoms with Gasteiger partial charge in [-0.25, -0.2) is 4.79 Å². The molecule has 0 heterocycles. The topological polar surface area (TPSA) is 35.5 Å². The molecule has 4 heteroatoms. The quantitative estimate of drug-likeness (QED) is 0.120. The molecule has 2 aromatic carbocycles. The second kappa shape index (κ2) is 16.4. The van der Waals surface area contributed by atoms with Crippen LogP contribution in [0.5, 0.6) is 5.75 Å². The zero-order valence-corrected chi connectivity index (χ0v) is 23.5. The van der Waals surface area contributed by atoms with Crippen LogP contribution in [0.4, 0.5) is 0 Å². The van der Waals surface area contributed by atoms with E-state index in [1.54, 1.807) is 0 Å². The first-order valence-electron chi connectivity index (χ1n) is 14.1. The number of aryl methyl sites for hydroxylation is 1. The summed E-state index contributed by atoms with van der Waals surface area (Å²) in [6.45, 7) is 7.43. The lowest BCUT2D eigenvalue weighted by Crippen LogP contribution is -2.51. The Morgan fingerprint density at radius 2 is 1.44 bits per heavy atom. The van der Waals surface area contributed by atoms with Gasteiger partial charge in [0.05, 0.1) is 26.8 Å². The molecule has 0 saturated carbocycles. The molecule has 0 aromatic heterocycles. The third-order valence-electron chi connectivity index (χ3n) is 7.19. The molecule has 0 aliphatic rings. The summed E-state index contributed by atoms with van der Waals surface area (Å²) in [6.07, 6.45) is 12.3. The van der Waals surface area contributed by atoms with E-state index in [0.717, 1.165) is 18.7 Å². The Morgan fingerprint density at radius 1 is 0.833 bits per heavy atom. The van der Waals surface area contributed by atoms with Crippen molar-refractivity contribution in [3.63, 3.8) is 0 Å². The zero-order valence-electron chi connectivity index (χ0n) is 23.5. The highest BCUT2D eigenvalue weighted by Crippen LogP contribution is 2.23. The van der Waals surface area contributed by atoms with Crippen molar-refractivity contribution in [1.29, 1.82) is 0 Å². The highest BCUT2D eigenvalue weighted by atomic mass is 16.5. The summed E-state index contributed by atoms with van der Waals surface area (Å²) in [5, 5.41) is 0. The highest BCUT2D eigenvalue weighted by Gasteiger charge is 2.32. The van der Waals surface area contributed by atoms with Crippen molar-refractivity contribution in [2.75, 3.05) is 20.7 Å². The van der Waals surface area contributed by atoms with E-state index in [1.165, 1.54) is 62.5 Å². The van der Waals surface area contributed by atoms with Crippen molar-refractivity contribution < 1.29 is 18.8 Å². The predicted octanol–water partition coefficient (Wildman–Crippen LogP) is 7.74. The van der Waals surface area contributed by atoms with Crippen LogP contribution >= 0.6 is 0 Å². The maximum atomic E-state index is 12.7. The molecule has 0 amide bonds. The maximum absolute atomic E-state index is 12.7. The van der Waals surface area contributed by atoms with E-state index in [2.05, 4.69) is 58.3 Å². The van der Waals surface area contributed by atoms with Crippen molar-refractivity contribution in [3.8, 4) is 5.75 Å². The van der Waals surface area contributed by atoms with Crippen molar-refractivity contribution in [2.24, 2.45) is 0 Å². The molecular formula is C32H50NO3+. The fourth-order valence-electron chi connectivity index (χ4n) is 4.47. The fraction of sp³-hybridized carbons (Fsp3) is 0.594. The summed E-state index contributed by atoms with van der Waals surface area (Å²) in [4.78, 5) is 12.7. The van der Waals surface area contributed by atoms with E-state index < -0.39 is 0 Å². The molecule has 2 unspecified atom stereocenters. The van der Waals surface area contributed by atoms with Crippen molar-refractivity contribution in [2.45, 2.75) is 104 Å². The molecule has 0 bridgehead atoms. The third-order valence-corrected chi connectivity index (χ3v) is 7.19. The SMILES string of the molecule is CCCCCCCCCCc1ccccc1OC(C)CCOC(=O)C(C)[N+](C)(C)Cc1ccccc1. The minimum atomic E-state index is -0.242. The Bertz CT molecular complexity index is 865. The Labute approximate surface area is 220 Å². The Morgan fingerprint density at radius 3 is 2.14 bits per heavy atom. The minimum absolute atomic E-state index is 0.0142. The molecule has 0 spiro atoms. The number of para-hydroxylation sites is 1. The second-order valence-corrected chi connectivity index (χ2v) is 10.8. The first kappa shape index (κ1) is 29.9. The monoisotopic (exact) mass is 496 g/mol. The largest absolute Gasteiger partial charge is 0.490 e. The summed E-state index contributed by atoms with van der Waals surface area (Å²) < 4.78 is 12.5. The number of carbonyl (C=O) groups is 1. The molecule has 0 radical (unpaired) electrons. The maximum Gasteiger partial charge on any atom is 0.364 e. The van der Waals surface area contributed by atoms with Gasteiger partial charge in [-0.3, -0.25) is 0 Å². The number of carbonyl (C=O) groups excluding carboxylic acids is 1. The van der Waals surface area contributed by atoms with Gasteiger partial charge in [0.1, 0.15) is 12.3 Å². The van der Waals surface area contributed by atoms with Gasteiger partial charge < -0.3 is 14.0 Å². The number of likely N-dealkylation sites (N-methyl/N-ethyl adjacent to an activating group) is 1. The molecule has 0 aliphatic heterocycles. The molecule has 4 nitrogen and oxygen atoms in total. The van der Waals surface area contributed by atoms with Crippen LogP contribution in [0.3, 0.4) is 0 Å². The molecule has 2 rings (SSSR count). The number of hydrogen-bond donors (Lipinski definition) is 0. The average molecular weight is 497 g/mol. The van der Waals surface area contributed by atoms with Crippen molar-refractivity contribution >= 4 is 5.97 Å². The van der Waals surface area contributed by atoms with Crippen LogP contribution in [0.25, 0.3) is 0 Å². The summed E-state index contributed by atoms with van der Waals surface area (Å²) in [5.74, 6) is 0.812. The fourth-order valence-corrected chi connectivity index (χ4v) is 4.47. The number of esters is 1. The zero-order chi connectivity index (χ0) is 26.2. The first-order valence-corrected chi connectivity index (χ1v) is 14.1. The number of nitrogens with zero attached hydrogens (tertiary/aromatic N) is 1. The van der Waals surface area contributed by atoms with Crippen LogP contribution in [0.15, 0.2) is 54.6 Å². The molecule has 0 aliphatic carbocycles. The minimum Gasteiger partial charge on any atom is -0.490 e. The van der Waals surface area contributed by atoms with E-state index in [9.17, 15) is 4.79 Å². The number of quaternary nitrogens is 1. The normalized spacial score (nSPS) is 13.2. The van der Waals surface area contributed by atoms with Crippen LogP contribution in [0.2, 0.25) is 0 Å². The van der Waals surface area contributed by atoms with Gasteiger partial charge in [0.25, 0.3) is 0 Å². The lowest BCUT2D eigenvalue weighted by Gasteiger charge is -2.34. The molecule has 2 atom stereocenters. The van der Waals surface area contributed by atoms with Gasteiger partial charge >= 0.3 is 5.97 Å². The van der Waals surface area contributed by atoms with Gasteiger partial charge in [0, 0.05) is 12.0 Å². The van der Waals surface area contributed by atoms with Crippen LogP contribution < -0.4 is 4.74 Å². The first-order chi connectivity index (χ1) is 17.3. The molecule has 200 valence electrons. The molecule has 0 N–H and O–H groups in total. The van der Waals surface area contributed by atoms with E-state index in [-0.39, 0.29) is 18.1 Å². The van der Waals surface area contributed by atoms with E-state index in [0.29, 0.717) is 17.5 Å². The lowest BCUT2D eigenvalue weighted by molar-refractivity contribution is -0.917. The van der Waals surface area contributed by atoms with Gasteiger partial charge in [-0.15, -0.1) is 0 Å². The van der Waals surface area contributed by atoms with Crippen molar-refractivity contribution in [3.05, 3.63) is 65.7 Å². The summed E-state index contributed by atoms with van der Waals surface area (Å²) in [7, 11) is 4.15. The molecule has 0 fully saturated rings. The summed E-state index contributed by atoms with van der Waals surface area (Å²) in [5.41, 5.74) is 2.50. The Kier molecular flexibility index (Phi) is 13.6. The smallest absolute Gasteiger partial charge is 0.364 e. The van der Waals surface area contributed by atoms with Gasteiger partial charge in [-0.1, -0.05) is 100 Å². The number of hydrogen-bond acceptors (Lipinski definition) is 3. The van der Waals surface area contributed by atoms with Gasteiger partial charge in [0.15, 0.2) is 6.04 Å². The average Bonchev–Trinajstić information content (AvgIpc) is 2.86. The number of benzene rings is 2. The number of unbranched alkanes of at least 4 members (excludes halogenated alkanes) is 7. The van der Waals surface area contributed by atoms with Crippen molar-refractivity contribution in [1.82, 2.24) is 0 Å². The predicted molar refractivity (Wildman–Crippen MR) is 150 cm³/mol. The molecule has 36 heavy (non-hydrogen) atoms. The standard InChI is InChI=1S/C32H50NO3/c1-6-7-8-9-10-11-12-16-21-30-22-17-18-23-31(30)36-27(2)24-25-35-32(34)28(3)33(4,5)26-29-19-14-13-15-20-29/h13-15,17-20,22-23,27-28H,6-12,16,21,24-26H2,1-5H3/q+1. The lowest BCUT2D eigenvalue weighted by atomic mass is 10.0. The molecular weight excluding hydrogens is 446 g/mol. The van der Waals surface area contributed by atoms with E-state index >= 15 is 0 Å². The van der Waals surface area contributed by atoms with Crippen LogP contribution in [0.1, 0.15) is 89.7 Å². The second-order valence-electron chi connectivity index (χ2n) is 10.8. The van der Waals surface area contributed by atoms with Gasteiger partial charge in [0.2, 0.25) is 0 Å². The van der Waals surface area contributed by atoms with Crippen LogP contribution in [0, 0.1) is 0 Å². The van der Waals surface area contributed by atoms with E-state index in [1.807, 2.05) is 31.2 Å². The summed E-state index contributed by atoms with van der Waals surface area (Å²) >= 11 is 0. The van der Waals surface area contributed by atoms with Crippen LogP contribution in [-0.2, 0) is 22.5 Å². The highest BCUT2D eigenvalue weighted by molar-refractivity contribution is 5.74.